The van der Waals surface area contributed by atoms with Gasteiger partial charge in [0.15, 0.2) is 0 Å². The lowest BCUT2D eigenvalue weighted by molar-refractivity contribution is -0.137. The van der Waals surface area contributed by atoms with Crippen LogP contribution in [0.3, 0.4) is 0 Å². The van der Waals surface area contributed by atoms with Crippen molar-refractivity contribution in [2.24, 2.45) is 0 Å². The minimum absolute atomic E-state index is 0.0621. The van der Waals surface area contributed by atoms with Gasteiger partial charge in [-0.2, -0.15) is 13.2 Å². The minimum atomic E-state index is -4.38. The van der Waals surface area contributed by atoms with Crippen LogP contribution in [-0.2, 0) is 12.7 Å². The highest BCUT2D eigenvalue weighted by Gasteiger charge is 2.30. The number of aromatic nitrogens is 2. The smallest absolute Gasteiger partial charge is 0.294 e. The molecule has 0 aliphatic carbocycles. The molecule has 0 radical (unpaired) electrons. The summed E-state index contributed by atoms with van der Waals surface area (Å²) in [6.07, 6.45) is -1.67. The third-order valence-corrected chi connectivity index (χ3v) is 3.21. The molecule has 0 fully saturated rings. The van der Waals surface area contributed by atoms with Crippen molar-refractivity contribution in [3.05, 3.63) is 61.8 Å². The van der Waals surface area contributed by atoms with Crippen LogP contribution in [0.4, 0.5) is 13.2 Å². The zero-order valence-corrected chi connectivity index (χ0v) is 11.6. The van der Waals surface area contributed by atoms with Crippen molar-refractivity contribution in [3.63, 3.8) is 0 Å². The molecule has 7 heteroatoms. The SMILES string of the molecule is O=c1c(I)cncn1Cc1cccc(C(F)(F)F)c1. The van der Waals surface area contributed by atoms with Gasteiger partial charge in [0.25, 0.3) is 5.56 Å². The lowest BCUT2D eigenvalue weighted by Crippen LogP contribution is -2.23. The summed E-state index contributed by atoms with van der Waals surface area (Å²) in [5, 5.41) is 0. The first-order valence-electron chi connectivity index (χ1n) is 5.24. The summed E-state index contributed by atoms with van der Waals surface area (Å²) >= 11 is 1.84. The van der Waals surface area contributed by atoms with E-state index < -0.39 is 11.7 Å². The summed E-state index contributed by atoms with van der Waals surface area (Å²) in [5.74, 6) is 0. The highest BCUT2D eigenvalue weighted by Crippen LogP contribution is 2.29. The van der Waals surface area contributed by atoms with Crippen LogP contribution in [0.15, 0.2) is 41.6 Å². The Bertz CT molecular complexity index is 652. The third kappa shape index (κ3) is 3.34. The molecule has 0 amide bonds. The highest BCUT2D eigenvalue weighted by atomic mass is 127. The molecule has 0 spiro atoms. The van der Waals surface area contributed by atoms with Gasteiger partial charge in [0.05, 0.1) is 22.0 Å². The van der Waals surface area contributed by atoms with Crippen molar-refractivity contribution in [2.75, 3.05) is 0 Å². The summed E-state index contributed by atoms with van der Waals surface area (Å²) < 4.78 is 39.4. The average Bonchev–Trinajstić information content (AvgIpc) is 2.34. The molecule has 2 aromatic rings. The molecule has 0 unspecified atom stereocenters. The number of alkyl halides is 3. The number of hydrogen-bond acceptors (Lipinski definition) is 2. The van der Waals surface area contributed by atoms with Gasteiger partial charge in [-0.25, -0.2) is 4.98 Å². The van der Waals surface area contributed by atoms with Crippen LogP contribution in [-0.4, -0.2) is 9.55 Å². The number of rotatable bonds is 2. The lowest BCUT2D eigenvalue weighted by Gasteiger charge is -2.09. The molecule has 0 atom stereocenters. The fourth-order valence-corrected chi connectivity index (χ4v) is 2.05. The quantitative estimate of drug-likeness (QED) is 0.752. The molecule has 0 saturated carbocycles. The minimum Gasteiger partial charge on any atom is -0.294 e. The molecule has 0 aliphatic heterocycles. The van der Waals surface area contributed by atoms with E-state index in [0.29, 0.717) is 9.13 Å². The van der Waals surface area contributed by atoms with Crippen LogP contribution in [0.2, 0.25) is 0 Å². The monoisotopic (exact) mass is 380 g/mol. The summed E-state index contributed by atoms with van der Waals surface area (Å²) in [4.78, 5) is 15.6. The molecule has 3 nitrogen and oxygen atoms in total. The van der Waals surface area contributed by atoms with Gasteiger partial charge >= 0.3 is 6.18 Å². The summed E-state index contributed by atoms with van der Waals surface area (Å²) in [6.45, 7) is 0.0621. The zero-order chi connectivity index (χ0) is 14.0. The van der Waals surface area contributed by atoms with Gasteiger partial charge in [0, 0.05) is 6.20 Å². The molecular formula is C12H8F3IN2O. The van der Waals surface area contributed by atoms with Crippen molar-refractivity contribution in [3.8, 4) is 0 Å². The number of hydrogen-bond donors (Lipinski definition) is 0. The van der Waals surface area contributed by atoms with Crippen LogP contribution in [0.1, 0.15) is 11.1 Å². The zero-order valence-electron chi connectivity index (χ0n) is 9.49. The van der Waals surface area contributed by atoms with Crippen molar-refractivity contribution >= 4 is 22.6 Å². The van der Waals surface area contributed by atoms with E-state index in [-0.39, 0.29) is 12.1 Å². The van der Waals surface area contributed by atoms with Crippen LogP contribution in [0.25, 0.3) is 0 Å². The van der Waals surface area contributed by atoms with E-state index >= 15 is 0 Å². The Morgan fingerprint density at radius 2 is 2.05 bits per heavy atom. The second-order valence-electron chi connectivity index (χ2n) is 3.87. The van der Waals surface area contributed by atoms with Gasteiger partial charge in [-0.3, -0.25) is 9.36 Å². The van der Waals surface area contributed by atoms with Crippen LogP contribution < -0.4 is 5.56 Å². The van der Waals surface area contributed by atoms with E-state index in [0.717, 1.165) is 12.1 Å². The van der Waals surface area contributed by atoms with Crippen LogP contribution in [0, 0.1) is 3.57 Å². The van der Waals surface area contributed by atoms with E-state index in [1.165, 1.54) is 23.2 Å². The van der Waals surface area contributed by atoms with Gasteiger partial charge in [0.2, 0.25) is 0 Å². The molecule has 2 rings (SSSR count). The van der Waals surface area contributed by atoms with Crippen molar-refractivity contribution in [1.29, 1.82) is 0 Å². The Morgan fingerprint density at radius 3 is 2.74 bits per heavy atom. The van der Waals surface area contributed by atoms with E-state index in [2.05, 4.69) is 4.98 Å². The van der Waals surface area contributed by atoms with Crippen LogP contribution in [0.5, 0.6) is 0 Å². The molecule has 100 valence electrons. The number of benzene rings is 1. The van der Waals surface area contributed by atoms with Crippen LogP contribution >= 0.6 is 22.6 Å². The van der Waals surface area contributed by atoms with Gasteiger partial charge in [-0.05, 0) is 40.3 Å². The highest BCUT2D eigenvalue weighted by molar-refractivity contribution is 14.1. The van der Waals surface area contributed by atoms with Crippen molar-refractivity contribution in [2.45, 2.75) is 12.7 Å². The number of halogens is 4. The Morgan fingerprint density at radius 1 is 1.32 bits per heavy atom. The van der Waals surface area contributed by atoms with Crippen molar-refractivity contribution in [1.82, 2.24) is 9.55 Å². The molecule has 0 saturated heterocycles. The fraction of sp³-hybridized carbons (Fsp3) is 0.167. The van der Waals surface area contributed by atoms with Gasteiger partial charge in [0.1, 0.15) is 0 Å². The first kappa shape index (κ1) is 14.0. The van der Waals surface area contributed by atoms with E-state index in [4.69, 9.17) is 0 Å². The summed E-state index contributed by atoms with van der Waals surface area (Å²) in [6, 6.07) is 4.90. The second kappa shape index (κ2) is 5.32. The van der Waals surface area contributed by atoms with E-state index in [1.807, 2.05) is 22.6 Å². The third-order valence-electron chi connectivity index (χ3n) is 2.47. The largest absolute Gasteiger partial charge is 0.416 e. The Labute approximate surface area is 120 Å². The lowest BCUT2D eigenvalue weighted by atomic mass is 10.1. The molecule has 19 heavy (non-hydrogen) atoms. The Kier molecular flexibility index (Phi) is 3.93. The van der Waals surface area contributed by atoms with Gasteiger partial charge in [-0.15, -0.1) is 0 Å². The van der Waals surface area contributed by atoms with E-state index in [1.54, 1.807) is 6.07 Å². The molecule has 1 aromatic carbocycles. The average molecular weight is 380 g/mol. The molecule has 0 bridgehead atoms. The molecular weight excluding hydrogens is 372 g/mol. The molecule has 1 heterocycles. The van der Waals surface area contributed by atoms with Gasteiger partial charge < -0.3 is 0 Å². The maximum Gasteiger partial charge on any atom is 0.416 e. The molecule has 1 aromatic heterocycles. The maximum atomic E-state index is 12.6. The Balaban J connectivity index is 2.34. The van der Waals surface area contributed by atoms with E-state index in [9.17, 15) is 18.0 Å². The van der Waals surface area contributed by atoms with Gasteiger partial charge in [-0.1, -0.05) is 12.1 Å². The number of nitrogens with zero attached hydrogens (tertiary/aromatic N) is 2. The summed E-state index contributed by atoms with van der Waals surface area (Å²) in [5.41, 5.74) is -0.592. The maximum absolute atomic E-state index is 12.6. The fourth-order valence-electron chi connectivity index (χ4n) is 1.58. The predicted octanol–water partition coefficient (Wildman–Crippen LogP) is 2.92. The first-order valence-corrected chi connectivity index (χ1v) is 6.32. The molecule has 0 N–H and O–H groups in total. The summed E-state index contributed by atoms with van der Waals surface area (Å²) in [7, 11) is 0. The Hall–Kier alpha value is -1.38. The first-order chi connectivity index (χ1) is 8.88. The topological polar surface area (TPSA) is 34.9 Å². The second-order valence-corrected chi connectivity index (χ2v) is 5.03. The predicted molar refractivity (Wildman–Crippen MR) is 71.8 cm³/mol. The normalized spacial score (nSPS) is 11.6. The molecule has 0 aliphatic rings. The standard InChI is InChI=1S/C12H8F3IN2O/c13-12(14,15)9-3-1-2-8(4-9)6-18-7-17-5-10(16)11(18)19/h1-5,7H,6H2. The van der Waals surface area contributed by atoms with Crippen molar-refractivity contribution < 1.29 is 13.2 Å².